The quantitative estimate of drug-likeness (QED) is 0.341. The summed E-state index contributed by atoms with van der Waals surface area (Å²) >= 11 is 0. The van der Waals surface area contributed by atoms with Crippen LogP contribution in [0.25, 0.3) is 5.69 Å². The van der Waals surface area contributed by atoms with Crippen LogP contribution in [-0.2, 0) is 11.8 Å². The summed E-state index contributed by atoms with van der Waals surface area (Å²) in [5.41, 5.74) is 2.58. The number of rotatable bonds is 6. The number of carbonyl (C=O) groups excluding carboxylic acids is 2. The molecule has 0 aliphatic rings. The van der Waals surface area contributed by atoms with Gasteiger partial charge in [-0.3, -0.25) is 4.79 Å². The van der Waals surface area contributed by atoms with Crippen molar-refractivity contribution >= 4 is 17.7 Å². The number of carboxylic acids is 1. The third kappa shape index (κ3) is 6.78. The first-order chi connectivity index (χ1) is 15.1. The topological polar surface area (TPSA) is 131 Å². The molecule has 0 saturated heterocycles. The predicted octanol–water partition coefficient (Wildman–Crippen LogP) is -4.81. The molecule has 0 saturated carbocycles. The number of amides is 2. The number of aliphatic carboxylic acids is 1. The van der Waals surface area contributed by atoms with E-state index in [1.165, 1.54) is 24.7 Å². The predicted molar refractivity (Wildman–Crippen MR) is 116 cm³/mol. The minimum absolute atomic E-state index is 0. The maximum atomic E-state index is 12.6. The van der Waals surface area contributed by atoms with E-state index in [2.05, 4.69) is 10.6 Å². The Morgan fingerprint density at radius 2 is 1.68 bits per heavy atom. The van der Waals surface area contributed by atoms with Gasteiger partial charge in [0, 0.05) is 42.7 Å². The molecule has 2 heterocycles. The number of nitrogens with one attached hydrogen (secondary N) is 2. The molecule has 1 atom stereocenters. The van der Waals surface area contributed by atoms with E-state index in [4.69, 9.17) is 0 Å². The van der Waals surface area contributed by atoms with Crippen LogP contribution in [0.3, 0.4) is 0 Å². The normalized spacial score (nSPS) is 11.1. The van der Waals surface area contributed by atoms with Crippen LogP contribution in [0.1, 0.15) is 35.0 Å². The molecule has 0 spiro atoms. The summed E-state index contributed by atoms with van der Waals surface area (Å²) in [4.78, 5) is 36.2. The summed E-state index contributed by atoms with van der Waals surface area (Å²) in [5, 5.41) is 28.5. The van der Waals surface area contributed by atoms with Gasteiger partial charge in [-0.2, -0.15) is 0 Å². The Morgan fingerprint density at radius 3 is 2.26 bits per heavy atom. The van der Waals surface area contributed by atoms with E-state index in [0.717, 1.165) is 17.1 Å². The van der Waals surface area contributed by atoms with Gasteiger partial charge in [0.15, 0.2) is 0 Å². The second-order valence-corrected chi connectivity index (χ2v) is 7.71. The molecule has 0 aliphatic carbocycles. The van der Waals surface area contributed by atoms with Crippen molar-refractivity contribution in [2.24, 2.45) is 7.05 Å². The van der Waals surface area contributed by atoms with E-state index < -0.39 is 41.5 Å². The number of carbonyl (C=O) groups is 2. The molecule has 11 heteroatoms. The van der Waals surface area contributed by atoms with Gasteiger partial charge in [0.2, 0.25) is 0 Å². The van der Waals surface area contributed by atoms with Crippen LogP contribution < -0.4 is 85.5 Å². The van der Waals surface area contributed by atoms with Gasteiger partial charge in [0.1, 0.15) is 5.69 Å². The summed E-state index contributed by atoms with van der Waals surface area (Å²) < 4.78 is 3.19. The van der Waals surface area contributed by atoms with Crippen LogP contribution in [0, 0.1) is 20.8 Å². The fourth-order valence-corrected chi connectivity index (χ4v) is 3.67. The second-order valence-electron chi connectivity index (χ2n) is 7.71. The Balaban J connectivity index is 0.00000289. The molecule has 2 N–H and O–H groups in total. The molecule has 2 amide bonds. The minimum atomic E-state index is -1.36. The number of hydrogen-bond acceptors (Lipinski definition) is 5. The van der Waals surface area contributed by atoms with Crippen LogP contribution in [-0.4, -0.2) is 21.1 Å². The number of benzene rings is 1. The fourth-order valence-electron chi connectivity index (χ4n) is 3.67. The van der Waals surface area contributed by atoms with Crippen molar-refractivity contribution in [3.8, 4) is 11.4 Å². The molecule has 3 aromatic rings. The van der Waals surface area contributed by atoms with Crippen LogP contribution >= 0.6 is 0 Å². The van der Waals surface area contributed by atoms with Gasteiger partial charge < -0.3 is 34.8 Å². The zero-order chi connectivity index (χ0) is 23.6. The van der Waals surface area contributed by atoms with Gasteiger partial charge in [-0.05, 0) is 56.2 Å². The van der Waals surface area contributed by atoms with Crippen molar-refractivity contribution in [3.05, 3.63) is 75.5 Å². The van der Waals surface area contributed by atoms with Crippen LogP contribution in [0.4, 0.5) is 10.5 Å². The summed E-state index contributed by atoms with van der Waals surface area (Å²) in [6, 6.07) is 9.23. The van der Waals surface area contributed by atoms with Gasteiger partial charge in [0.25, 0.3) is 5.56 Å². The van der Waals surface area contributed by atoms with E-state index in [1.54, 1.807) is 18.2 Å². The third-order valence-electron chi connectivity index (χ3n) is 5.22. The number of aryl methyl sites for hydroxylation is 4. The Kier molecular flexibility index (Phi) is 11.1. The second kappa shape index (κ2) is 12.6. The van der Waals surface area contributed by atoms with Gasteiger partial charge in [0.05, 0.1) is 6.04 Å². The number of urea groups is 1. The molecule has 2 aromatic heterocycles. The molecule has 0 radical (unpaired) electrons. The molecule has 0 bridgehead atoms. The Labute approximate surface area is 241 Å². The van der Waals surface area contributed by atoms with E-state index in [9.17, 15) is 24.6 Å². The van der Waals surface area contributed by atoms with Crippen LogP contribution in [0.2, 0.25) is 0 Å². The molecule has 9 nitrogen and oxygen atoms in total. The molecule has 0 fully saturated rings. The summed E-state index contributed by atoms with van der Waals surface area (Å²) in [5.74, 6) is -1.95. The zero-order valence-electron chi connectivity index (χ0n) is 20.3. The zero-order valence-corrected chi connectivity index (χ0v) is 24.3. The number of carboxylic acid groups (broad SMARTS) is 1. The standard InChI is InChI=1S/C23H26N4O5.2Na/c1-13-12-26(4)22(31)20(21(13)30)25-23(32)24-18(11-19(28)29)16-6-5-7-17(10-16)27-14(2)8-9-15(27)3;;/h5-10,12,18,30H,11H2,1-4H3,(H,28,29)(H2,24,25,32);;/q;2*+1/p-2/t18-;;/m0../s1. The van der Waals surface area contributed by atoms with Gasteiger partial charge in [-0.25, -0.2) is 4.79 Å². The van der Waals surface area contributed by atoms with E-state index >= 15 is 0 Å². The SMILES string of the molecule is Cc1cn(C)c(=O)c(NC(=O)N[C@@H](CC(=O)[O-])c2cccc(-n3c(C)ccc3C)c2)c1[O-].[Na+].[Na+]. The first kappa shape index (κ1) is 30.0. The molecular formula is C23H24N4Na2O5. The monoisotopic (exact) mass is 482 g/mol. The smallest absolute Gasteiger partial charge is 0.871 e. The summed E-state index contributed by atoms with van der Waals surface area (Å²) in [6.45, 7) is 5.43. The first-order valence-electron chi connectivity index (χ1n) is 9.98. The summed E-state index contributed by atoms with van der Waals surface area (Å²) in [7, 11) is 1.47. The minimum Gasteiger partial charge on any atom is -0.871 e. The van der Waals surface area contributed by atoms with Crippen molar-refractivity contribution in [1.82, 2.24) is 14.5 Å². The summed E-state index contributed by atoms with van der Waals surface area (Å²) in [6.07, 6.45) is 0.889. The van der Waals surface area contributed by atoms with Gasteiger partial charge >= 0.3 is 65.1 Å². The van der Waals surface area contributed by atoms with Crippen molar-refractivity contribution in [2.75, 3.05) is 5.32 Å². The van der Waals surface area contributed by atoms with E-state index in [0.29, 0.717) is 11.1 Å². The number of nitrogens with zero attached hydrogens (tertiary/aromatic N) is 2. The Bertz CT molecular complexity index is 1230. The van der Waals surface area contributed by atoms with Crippen molar-refractivity contribution in [3.63, 3.8) is 0 Å². The van der Waals surface area contributed by atoms with E-state index in [-0.39, 0.29) is 59.1 Å². The van der Waals surface area contributed by atoms with E-state index in [1.807, 2.05) is 36.6 Å². The molecule has 0 unspecified atom stereocenters. The third-order valence-corrected chi connectivity index (χ3v) is 5.22. The van der Waals surface area contributed by atoms with Crippen molar-refractivity contribution in [1.29, 1.82) is 0 Å². The number of aromatic nitrogens is 2. The largest absolute Gasteiger partial charge is 1.00 e. The molecule has 168 valence electrons. The maximum absolute atomic E-state index is 12.6. The Hall–Kier alpha value is -2.01. The Morgan fingerprint density at radius 1 is 1.06 bits per heavy atom. The van der Waals surface area contributed by atoms with Gasteiger partial charge in [-0.15, -0.1) is 0 Å². The molecule has 1 aromatic carbocycles. The molecule has 0 aliphatic heterocycles. The van der Waals surface area contributed by atoms with Crippen molar-refractivity contribution < 1.29 is 78.9 Å². The average Bonchev–Trinajstić information content (AvgIpc) is 3.07. The first-order valence-corrected chi connectivity index (χ1v) is 9.98. The number of pyridine rings is 1. The average molecular weight is 482 g/mol. The number of hydrogen-bond donors (Lipinski definition) is 2. The molecular weight excluding hydrogens is 458 g/mol. The number of anilines is 1. The van der Waals surface area contributed by atoms with Crippen LogP contribution in [0.15, 0.2) is 47.4 Å². The van der Waals surface area contributed by atoms with Crippen LogP contribution in [0.5, 0.6) is 5.75 Å². The van der Waals surface area contributed by atoms with Gasteiger partial charge in [-0.1, -0.05) is 17.9 Å². The molecule has 34 heavy (non-hydrogen) atoms. The molecule has 3 rings (SSSR count). The van der Waals surface area contributed by atoms with Crippen molar-refractivity contribution in [2.45, 2.75) is 33.2 Å². The fraction of sp³-hybridized carbons (Fsp3) is 0.261. The maximum Gasteiger partial charge on any atom is 1.00 e.